The Morgan fingerprint density at radius 2 is 1.52 bits per heavy atom. The maximum atomic E-state index is 12.9. The van der Waals surface area contributed by atoms with E-state index in [0.29, 0.717) is 0 Å². The molecule has 2 aromatic rings. The number of hydrogen-bond donors (Lipinski definition) is 1. The summed E-state index contributed by atoms with van der Waals surface area (Å²) in [6.07, 6.45) is 0. The molecule has 2 rings (SSSR count). The molecule has 2 aromatic carbocycles. The first-order valence-corrected chi connectivity index (χ1v) is 8.48. The molecule has 0 unspecified atom stereocenters. The summed E-state index contributed by atoms with van der Waals surface area (Å²) in [4.78, 5) is 27.2. The van der Waals surface area contributed by atoms with Crippen LogP contribution in [0.5, 0.6) is 0 Å². The predicted octanol–water partition coefficient (Wildman–Crippen LogP) is 4.44. The van der Waals surface area contributed by atoms with Gasteiger partial charge in [-0.2, -0.15) is 0 Å². The summed E-state index contributed by atoms with van der Waals surface area (Å²) >= 11 is 0. The number of amides is 2. The standard InChI is InChI=1S/C21H26N2O2/c1-15(2)17-13-9-10-14-18(17)22-19(24)21(3,4)20(25)23(5)16-11-7-6-8-12-16/h6-15H,1-5H3,(H,22,24). The second kappa shape index (κ2) is 7.51. The number of benzene rings is 2. The minimum atomic E-state index is -1.19. The smallest absolute Gasteiger partial charge is 0.241 e. The Labute approximate surface area is 149 Å². The van der Waals surface area contributed by atoms with E-state index in [-0.39, 0.29) is 17.7 Å². The van der Waals surface area contributed by atoms with E-state index in [2.05, 4.69) is 19.2 Å². The van der Waals surface area contributed by atoms with Crippen molar-refractivity contribution in [3.63, 3.8) is 0 Å². The topological polar surface area (TPSA) is 49.4 Å². The van der Waals surface area contributed by atoms with Crippen molar-refractivity contribution in [1.82, 2.24) is 0 Å². The number of para-hydroxylation sites is 2. The number of carbonyl (C=O) groups is 2. The summed E-state index contributed by atoms with van der Waals surface area (Å²) in [6, 6.07) is 17.0. The number of rotatable bonds is 5. The Morgan fingerprint density at radius 3 is 2.12 bits per heavy atom. The minimum absolute atomic E-state index is 0.252. The predicted molar refractivity (Wildman–Crippen MR) is 103 cm³/mol. The average molecular weight is 338 g/mol. The Morgan fingerprint density at radius 1 is 0.960 bits per heavy atom. The molecule has 0 aliphatic heterocycles. The molecule has 0 fully saturated rings. The summed E-state index contributed by atoms with van der Waals surface area (Å²) in [5.41, 5.74) is 1.38. The average Bonchev–Trinajstić information content (AvgIpc) is 2.61. The molecule has 0 aromatic heterocycles. The number of nitrogens with zero attached hydrogens (tertiary/aromatic N) is 1. The first-order valence-electron chi connectivity index (χ1n) is 8.48. The highest BCUT2D eigenvalue weighted by Crippen LogP contribution is 2.28. The van der Waals surface area contributed by atoms with Crippen LogP contribution in [0.3, 0.4) is 0 Å². The third-order valence-corrected chi connectivity index (χ3v) is 4.38. The zero-order chi connectivity index (χ0) is 18.6. The normalized spacial score (nSPS) is 11.3. The van der Waals surface area contributed by atoms with Gasteiger partial charge in [-0.25, -0.2) is 0 Å². The van der Waals surface area contributed by atoms with Crippen LogP contribution in [0.1, 0.15) is 39.2 Å². The molecule has 0 saturated carbocycles. The molecule has 0 heterocycles. The highest BCUT2D eigenvalue weighted by Gasteiger charge is 2.38. The molecule has 0 spiro atoms. The van der Waals surface area contributed by atoms with Gasteiger partial charge in [0.15, 0.2) is 0 Å². The van der Waals surface area contributed by atoms with Gasteiger partial charge < -0.3 is 10.2 Å². The van der Waals surface area contributed by atoms with Gasteiger partial charge in [0.05, 0.1) is 0 Å². The third-order valence-electron chi connectivity index (χ3n) is 4.38. The van der Waals surface area contributed by atoms with E-state index in [9.17, 15) is 9.59 Å². The van der Waals surface area contributed by atoms with Gasteiger partial charge in [-0.1, -0.05) is 50.2 Å². The van der Waals surface area contributed by atoms with Gasteiger partial charge in [0, 0.05) is 18.4 Å². The van der Waals surface area contributed by atoms with Crippen molar-refractivity contribution in [1.29, 1.82) is 0 Å². The van der Waals surface area contributed by atoms with Gasteiger partial charge in [-0.3, -0.25) is 9.59 Å². The molecule has 0 radical (unpaired) electrons. The van der Waals surface area contributed by atoms with Crippen molar-refractivity contribution in [2.24, 2.45) is 5.41 Å². The molecule has 132 valence electrons. The zero-order valence-corrected chi connectivity index (χ0v) is 15.5. The molecule has 0 saturated heterocycles. The van der Waals surface area contributed by atoms with Crippen LogP contribution in [0.15, 0.2) is 54.6 Å². The third kappa shape index (κ3) is 4.08. The molecule has 1 N–H and O–H groups in total. The number of nitrogens with one attached hydrogen (secondary N) is 1. The molecule has 4 heteroatoms. The number of anilines is 2. The quantitative estimate of drug-likeness (QED) is 0.820. The van der Waals surface area contributed by atoms with Gasteiger partial charge in [0.1, 0.15) is 5.41 Å². The highest BCUT2D eigenvalue weighted by atomic mass is 16.2. The molecule has 0 atom stereocenters. The Hall–Kier alpha value is -2.62. The fourth-order valence-corrected chi connectivity index (χ4v) is 2.68. The van der Waals surface area contributed by atoms with Crippen LogP contribution >= 0.6 is 0 Å². The summed E-state index contributed by atoms with van der Waals surface area (Å²) in [7, 11) is 1.69. The second-order valence-corrected chi connectivity index (χ2v) is 7.02. The summed E-state index contributed by atoms with van der Waals surface area (Å²) in [5, 5.41) is 2.93. The largest absolute Gasteiger partial charge is 0.325 e. The van der Waals surface area contributed by atoms with E-state index in [1.54, 1.807) is 20.9 Å². The Kier molecular flexibility index (Phi) is 5.62. The summed E-state index contributed by atoms with van der Waals surface area (Å²) in [5.74, 6) is -0.283. The van der Waals surface area contributed by atoms with Crippen LogP contribution in [-0.4, -0.2) is 18.9 Å². The molecule has 0 aliphatic carbocycles. The SMILES string of the molecule is CC(C)c1ccccc1NC(=O)C(C)(C)C(=O)N(C)c1ccccc1. The van der Waals surface area contributed by atoms with Crippen molar-refractivity contribution in [3.8, 4) is 0 Å². The molecule has 0 bridgehead atoms. The fourth-order valence-electron chi connectivity index (χ4n) is 2.68. The molecular formula is C21H26N2O2. The molecule has 4 nitrogen and oxygen atoms in total. The summed E-state index contributed by atoms with van der Waals surface area (Å²) < 4.78 is 0. The molecule has 0 aliphatic rings. The van der Waals surface area contributed by atoms with E-state index in [1.807, 2.05) is 54.6 Å². The van der Waals surface area contributed by atoms with Crippen LogP contribution in [0, 0.1) is 5.41 Å². The number of carbonyl (C=O) groups excluding carboxylic acids is 2. The van der Waals surface area contributed by atoms with E-state index in [0.717, 1.165) is 16.9 Å². The Balaban J connectivity index is 2.21. The van der Waals surface area contributed by atoms with Crippen molar-refractivity contribution in [3.05, 3.63) is 60.2 Å². The molecule has 2 amide bonds. The van der Waals surface area contributed by atoms with Gasteiger partial charge in [-0.15, -0.1) is 0 Å². The first kappa shape index (κ1) is 18.7. The zero-order valence-electron chi connectivity index (χ0n) is 15.5. The van der Waals surface area contributed by atoms with Crippen molar-refractivity contribution in [2.45, 2.75) is 33.6 Å². The van der Waals surface area contributed by atoms with Crippen molar-refractivity contribution in [2.75, 3.05) is 17.3 Å². The van der Waals surface area contributed by atoms with E-state index in [1.165, 1.54) is 4.90 Å². The second-order valence-electron chi connectivity index (χ2n) is 7.02. The Bertz CT molecular complexity index is 752. The first-order chi connectivity index (χ1) is 11.7. The van der Waals surface area contributed by atoms with Gasteiger partial charge in [0.2, 0.25) is 11.8 Å². The maximum Gasteiger partial charge on any atom is 0.241 e. The molecular weight excluding hydrogens is 312 g/mol. The lowest BCUT2D eigenvalue weighted by atomic mass is 9.89. The van der Waals surface area contributed by atoms with Crippen LogP contribution < -0.4 is 10.2 Å². The van der Waals surface area contributed by atoms with E-state index >= 15 is 0 Å². The minimum Gasteiger partial charge on any atom is -0.325 e. The number of hydrogen-bond acceptors (Lipinski definition) is 2. The molecule has 25 heavy (non-hydrogen) atoms. The lowest BCUT2D eigenvalue weighted by Crippen LogP contribution is -2.46. The lowest BCUT2D eigenvalue weighted by molar-refractivity contribution is -0.136. The van der Waals surface area contributed by atoms with Crippen molar-refractivity contribution < 1.29 is 9.59 Å². The fraction of sp³-hybridized carbons (Fsp3) is 0.333. The van der Waals surface area contributed by atoms with Crippen molar-refractivity contribution >= 4 is 23.2 Å². The van der Waals surface area contributed by atoms with Crippen LogP contribution in [0.4, 0.5) is 11.4 Å². The van der Waals surface area contributed by atoms with Crippen LogP contribution in [0.2, 0.25) is 0 Å². The monoisotopic (exact) mass is 338 g/mol. The van der Waals surface area contributed by atoms with Gasteiger partial charge in [-0.05, 0) is 43.5 Å². The van der Waals surface area contributed by atoms with Gasteiger partial charge >= 0.3 is 0 Å². The van der Waals surface area contributed by atoms with E-state index in [4.69, 9.17) is 0 Å². The van der Waals surface area contributed by atoms with Crippen LogP contribution in [-0.2, 0) is 9.59 Å². The summed E-state index contributed by atoms with van der Waals surface area (Å²) in [6.45, 7) is 7.46. The maximum absolute atomic E-state index is 12.9. The van der Waals surface area contributed by atoms with Crippen LogP contribution in [0.25, 0.3) is 0 Å². The van der Waals surface area contributed by atoms with Gasteiger partial charge in [0.25, 0.3) is 0 Å². The van der Waals surface area contributed by atoms with E-state index < -0.39 is 5.41 Å². The highest BCUT2D eigenvalue weighted by molar-refractivity contribution is 6.14. The lowest BCUT2D eigenvalue weighted by Gasteiger charge is -2.29.